The van der Waals surface area contributed by atoms with Gasteiger partial charge >= 0.3 is 12.1 Å². The molecule has 0 amide bonds. The highest BCUT2D eigenvalue weighted by Gasteiger charge is 2.41. The quantitative estimate of drug-likeness (QED) is 0.821. The van der Waals surface area contributed by atoms with Gasteiger partial charge in [0.25, 0.3) is 0 Å². The zero-order chi connectivity index (χ0) is 19.9. The van der Waals surface area contributed by atoms with Crippen molar-refractivity contribution in [1.29, 1.82) is 0 Å². The number of hydrogen-bond acceptors (Lipinski definition) is 3. The Morgan fingerprint density at radius 2 is 1.75 bits per heavy atom. The molecule has 0 bridgehead atoms. The summed E-state index contributed by atoms with van der Waals surface area (Å²) in [5.41, 5.74) is 2.09. The van der Waals surface area contributed by atoms with Crippen molar-refractivity contribution < 1.29 is 27.8 Å². The van der Waals surface area contributed by atoms with Crippen LogP contribution in [0.4, 0.5) is 18.9 Å². The second kappa shape index (κ2) is 6.81. The van der Waals surface area contributed by atoms with Gasteiger partial charge in [-0.25, -0.2) is 4.79 Å². The van der Waals surface area contributed by atoms with Crippen molar-refractivity contribution >= 4 is 11.7 Å². The van der Waals surface area contributed by atoms with Crippen LogP contribution in [0.15, 0.2) is 42.5 Å². The molecule has 2 aliphatic rings. The molecule has 0 atom stereocenters. The first kappa shape index (κ1) is 18.8. The molecule has 0 unspecified atom stereocenters. The van der Waals surface area contributed by atoms with Gasteiger partial charge in [-0.1, -0.05) is 6.07 Å². The molecule has 4 nitrogen and oxygen atoms in total. The van der Waals surface area contributed by atoms with Gasteiger partial charge < -0.3 is 14.7 Å². The SMILES string of the molecule is O=C(O)c1ccc2c(c1)CN(c1ccc(C(F)(F)F)cc1)CC21CCOCC1. The standard InChI is InChI=1S/C21H20F3NO3/c22-21(23,24)16-2-4-17(5-3-16)25-12-15-11-14(19(26)27)1-6-18(15)20(13-25)7-9-28-10-8-20/h1-6,11H,7-10,12-13H2,(H,26,27). The van der Waals surface area contributed by atoms with Crippen LogP contribution in [-0.2, 0) is 22.9 Å². The van der Waals surface area contributed by atoms with Gasteiger partial charge in [-0.15, -0.1) is 0 Å². The van der Waals surface area contributed by atoms with Gasteiger partial charge in [-0.05, 0) is 60.4 Å². The van der Waals surface area contributed by atoms with Crippen LogP contribution < -0.4 is 4.90 Å². The highest BCUT2D eigenvalue weighted by Crippen LogP contribution is 2.43. The highest BCUT2D eigenvalue weighted by atomic mass is 19.4. The highest BCUT2D eigenvalue weighted by molar-refractivity contribution is 5.88. The van der Waals surface area contributed by atoms with Crippen LogP contribution in [0.1, 0.15) is 39.9 Å². The predicted octanol–water partition coefficient (Wildman–Crippen LogP) is 4.47. The number of ether oxygens (including phenoxy) is 1. The first-order valence-electron chi connectivity index (χ1n) is 9.15. The lowest BCUT2D eigenvalue weighted by molar-refractivity contribution is -0.137. The number of carboxylic acid groups (broad SMARTS) is 1. The number of fused-ring (bicyclic) bond motifs is 2. The molecule has 0 radical (unpaired) electrons. The summed E-state index contributed by atoms with van der Waals surface area (Å²) in [6, 6.07) is 10.4. The Hall–Kier alpha value is -2.54. The van der Waals surface area contributed by atoms with Gasteiger partial charge in [0.1, 0.15) is 0 Å². The number of alkyl halides is 3. The lowest BCUT2D eigenvalue weighted by Crippen LogP contribution is -2.49. The zero-order valence-electron chi connectivity index (χ0n) is 15.1. The van der Waals surface area contributed by atoms with E-state index in [1.807, 2.05) is 11.0 Å². The molecule has 148 valence electrons. The Kier molecular flexibility index (Phi) is 4.57. The van der Waals surface area contributed by atoms with E-state index in [0.29, 0.717) is 32.0 Å². The van der Waals surface area contributed by atoms with Gasteiger partial charge in [0.2, 0.25) is 0 Å². The summed E-state index contributed by atoms with van der Waals surface area (Å²) in [4.78, 5) is 13.4. The van der Waals surface area contributed by atoms with Crippen molar-refractivity contribution in [2.24, 2.45) is 0 Å². The summed E-state index contributed by atoms with van der Waals surface area (Å²) in [6.07, 6.45) is -2.78. The summed E-state index contributed by atoms with van der Waals surface area (Å²) >= 11 is 0. The van der Waals surface area contributed by atoms with Crippen LogP contribution in [0.3, 0.4) is 0 Å². The largest absolute Gasteiger partial charge is 0.478 e. The van der Waals surface area contributed by atoms with Crippen molar-refractivity contribution in [1.82, 2.24) is 0 Å². The molecule has 2 aliphatic heterocycles. The smallest absolute Gasteiger partial charge is 0.416 e. The fourth-order valence-corrected chi connectivity index (χ4v) is 4.32. The molecule has 2 aromatic rings. The predicted molar refractivity (Wildman–Crippen MR) is 97.6 cm³/mol. The van der Waals surface area contributed by atoms with Gasteiger partial charge in [-0.3, -0.25) is 0 Å². The van der Waals surface area contributed by atoms with Crippen LogP contribution in [0.2, 0.25) is 0 Å². The second-order valence-electron chi connectivity index (χ2n) is 7.47. The Morgan fingerprint density at radius 3 is 2.36 bits per heavy atom. The minimum Gasteiger partial charge on any atom is -0.478 e. The van der Waals surface area contributed by atoms with Crippen LogP contribution in [0.5, 0.6) is 0 Å². The summed E-state index contributed by atoms with van der Waals surface area (Å²) in [5.74, 6) is -0.990. The number of carbonyl (C=O) groups is 1. The van der Waals surface area contributed by atoms with E-state index in [9.17, 15) is 23.1 Å². The molecular formula is C21H20F3NO3. The lowest BCUT2D eigenvalue weighted by Gasteiger charge is -2.47. The fourth-order valence-electron chi connectivity index (χ4n) is 4.32. The molecule has 4 rings (SSSR count). The molecule has 28 heavy (non-hydrogen) atoms. The topological polar surface area (TPSA) is 49.8 Å². The van der Waals surface area contributed by atoms with Crippen molar-refractivity contribution in [3.05, 3.63) is 64.7 Å². The summed E-state index contributed by atoms with van der Waals surface area (Å²) in [5, 5.41) is 9.34. The van der Waals surface area contributed by atoms with Gasteiger partial charge in [0.05, 0.1) is 11.1 Å². The monoisotopic (exact) mass is 391 g/mol. The molecule has 0 aliphatic carbocycles. The van der Waals surface area contributed by atoms with Gasteiger partial charge in [0.15, 0.2) is 0 Å². The third-order valence-electron chi connectivity index (χ3n) is 5.79. The van der Waals surface area contributed by atoms with Crippen LogP contribution in [0.25, 0.3) is 0 Å². The van der Waals surface area contributed by atoms with E-state index < -0.39 is 17.7 Å². The number of benzene rings is 2. The van der Waals surface area contributed by atoms with E-state index in [1.54, 1.807) is 12.1 Å². The first-order chi connectivity index (χ1) is 13.3. The molecule has 1 N–H and O–H groups in total. The molecule has 1 saturated heterocycles. The normalized spacial score (nSPS) is 18.8. The molecule has 2 heterocycles. The Labute approximate surface area is 160 Å². The Bertz CT molecular complexity index is 887. The third kappa shape index (κ3) is 3.35. The molecule has 0 saturated carbocycles. The van der Waals surface area contributed by atoms with Crippen molar-refractivity contribution in [3.63, 3.8) is 0 Å². The summed E-state index contributed by atoms with van der Waals surface area (Å²) in [7, 11) is 0. The summed E-state index contributed by atoms with van der Waals surface area (Å²) < 4.78 is 44.2. The van der Waals surface area contributed by atoms with Crippen LogP contribution in [-0.4, -0.2) is 30.8 Å². The number of carboxylic acids is 1. The summed E-state index contributed by atoms with van der Waals surface area (Å²) in [6.45, 7) is 2.35. The van der Waals surface area contributed by atoms with Gasteiger partial charge in [0, 0.05) is 37.4 Å². The number of rotatable bonds is 2. The van der Waals surface area contributed by atoms with Crippen LogP contribution >= 0.6 is 0 Å². The molecule has 1 spiro atoms. The number of halogens is 3. The third-order valence-corrected chi connectivity index (χ3v) is 5.79. The molecule has 2 aromatic carbocycles. The maximum absolute atomic E-state index is 12.9. The molecule has 7 heteroatoms. The maximum atomic E-state index is 12.9. The van der Waals surface area contributed by atoms with Crippen molar-refractivity contribution in [2.75, 3.05) is 24.7 Å². The van der Waals surface area contributed by atoms with Gasteiger partial charge in [-0.2, -0.15) is 13.2 Å². The van der Waals surface area contributed by atoms with E-state index >= 15 is 0 Å². The average Bonchev–Trinajstić information content (AvgIpc) is 2.67. The van der Waals surface area contributed by atoms with E-state index in [1.165, 1.54) is 12.1 Å². The van der Waals surface area contributed by atoms with E-state index in [2.05, 4.69) is 0 Å². The minimum absolute atomic E-state index is 0.189. The fraction of sp³-hybridized carbons (Fsp3) is 0.381. The minimum atomic E-state index is -4.37. The number of hydrogen-bond donors (Lipinski definition) is 1. The molecular weight excluding hydrogens is 371 g/mol. The Balaban J connectivity index is 1.73. The maximum Gasteiger partial charge on any atom is 0.416 e. The number of nitrogens with zero attached hydrogens (tertiary/aromatic N) is 1. The van der Waals surface area contributed by atoms with Crippen molar-refractivity contribution in [2.45, 2.75) is 31.0 Å². The first-order valence-corrected chi connectivity index (χ1v) is 9.15. The van der Waals surface area contributed by atoms with Crippen LogP contribution in [0, 0.1) is 0 Å². The molecule has 0 aromatic heterocycles. The number of aromatic carboxylic acids is 1. The second-order valence-corrected chi connectivity index (χ2v) is 7.47. The van der Waals surface area contributed by atoms with E-state index in [4.69, 9.17) is 4.74 Å². The zero-order valence-corrected chi connectivity index (χ0v) is 15.1. The lowest BCUT2D eigenvalue weighted by atomic mass is 9.69. The van der Waals surface area contributed by atoms with E-state index in [-0.39, 0.29) is 11.0 Å². The van der Waals surface area contributed by atoms with Crippen molar-refractivity contribution in [3.8, 4) is 0 Å². The number of anilines is 1. The average molecular weight is 391 g/mol. The molecule has 1 fully saturated rings. The Morgan fingerprint density at radius 1 is 1.07 bits per heavy atom. The van der Waals surface area contributed by atoms with E-state index in [0.717, 1.165) is 36.1 Å².